The van der Waals surface area contributed by atoms with Gasteiger partial charge in [-0.3, -0.25) is 4.90 Å². The molecule has 0 bridgehead atoms. The predicted octanol–water partition coefficient (Wildman–Crippen LogP) is 5.09. The van der Waals surface area contributed by atoms with Gasteiger partial charge in [0.15, 0.2) is 0 Å². The zero-order valence-corrected chi connectivity index (χ0v) is 19.3. The highest BCUT2D eigenvalue weighted by molar-refractivity contribution is 7.98. The maximum Gasteiger partial charge on any atom is 0.226 e. The molecule has 0 saturated carbocycles. The van der Waals surface area contributed by atoms with Gasteiger partial charge in [0.2, 0.25) is 5.89 Å². The fraction of sp³-hybridized carbons (Fsp3) is 0.348. The van der Waals surface area contributed by atoms with Crippen LogP contribution in [-0.4, -0.2) is 46.2 Å². The van der Waals surface area contributed by atoms with Crippen LogP contribution in [0.15, 0.2) is 46.0 Å². The Morgan fingerprint density at radius 2 is 1.87 bits per heavy atom. The monoisotopic (exact) mass is 452 g/mol. The van der Waals surface area contributed by atoms with E-state index in [-0.39, 0.29) is 0 Å². The highest BCUT2D eigenvalue weighted by atomic mass is 32.2. The Bertz CT molecular complexity index is 1180. The first-order chi connectivity index (χ1) is 15.2. The van der Waals surface area contributed by atoms with Gasteiger partial charge in [-0.1, -0.05) is 30.0 Å². The van der Waals surface area contributed by atoms with Crippen molar-refractivity contribution < 1.29 is 9.15 Å². The maximum atomic E-state index is 5.71. The summed E-state index contributed by atoms with van der Waals surface area (Å²) in [5.41, 5.74) is 3.17. The Hall–Kier alpha value is -2.26. The van der Waals surface area contributed by atoms with E-state index in [1.54, 1.807) is 29.4 Å². The van der Waals surface area contributed by atoms with Crippen molar-refractivity contribution in [3.8, 4) is 11.5 Å². The molecule has 1 aliphatic heterocycles. The first-order valence-corrected chi connectivity index (χ1v) is 12.2. The number of ether oxygens (including phenoxy) is 1. The van der Waals surface area contributed by atoms with E-state index < -0.39 is 0 Å². The summed E-state index contributed by atoms with van der Waals surface area (Å²) in [7, 11) is 0. The van der Waals surface area contributed by atoms with Gasteiger partial charge in [0, 0.05) is 34.7 Å². The molecule has 6 nitrogen and oxygen atoms in total. The largest absolute Gasteiger partial charge is 0.444 e. The van der Waals surface area contributed by atoms with Crippen LogP contribution in [0.5, 0.6) is 0 Å². The molecule has 4 heterocycles. The number of aromatic nitrogens is 3. The van der Waals surface area contributed by atoms with E-state index in [0.717, 1.165) is 59.8 Å². The average molecular weight is 453 g/mol. The van der Waals surface area contributed by atoms with Crippen LogP contribution in [0.4, 0.5) is 0 Å². The highest BCUT2D eigenvalue weighted by Gasteiger charge is 2.18. The number of hydrogen-bond acceptors (Lipinski definition) is 8. The molecule has 0 N–H and O–H groups in total. The molecule has 31 heavy (non-hydrogen) atoms. The topological polar surface area (TPSA) is 64.3 Å². The molecule has 1 fully saturated rings. The second-order valence-electron chi connectivity index (χ2n) is 7.60. The van der Waals surface area contributed by atoms with Crippen LogP contribution >= 0.6 is 23.1 Å². The van der Waals surface area contributed by atoms with Crippen LogP contribution in [0.1, 0.15) is 22.0 Å². The lowest BCUT2D eigenvalue weighted by molar-refractivity contribution is 0.0330. The standard InChI is InChI=1S/C23H24N4O2S2/c1-15-16(2)31-23-20(15)22(25-19(26-23)12-27-8-10-28-11-9-27)30-14-18-13-29-21(24-18)17-6-4-3-5-7-17/h3-7,13H,8-12,14H2,1-2H3. The van der Waals surface area contributed by atoms with E-state index in [1.165, 1.54) is 15.8 Å². The quantitative estimate of drug-likeness (QED) is 0.298. The summed E-state index contributed by atoms with van der Waals surface area (Å²) >= 11 is 3.46. The van der Waals surface area contributed by atoms with E-state index in [0.29, 0.717) is 11.6 Å². The van der Waals surface area contributed by atoms with Crippen molar-refractivity contribution in [2.75, 3.05) is 26.3 Å². The van der Waals surface area contributed by atoms with Crippen molar-refractivity contribution in [1.82, 2.24) is 19.9 Å². The van der Waals surface area contributed by atoms with Gasteiger partial charge in [0.25, 0.3) is 0 Å². The van der Waals surface area contributed by atoms with Crippen LogP contribution in [0, 0.1) is 13.8 Å². The average Bonchev–Trinajstić information content (AvgIpc) is 3.38. The summed E-state index contributed by atoms with van der Waals surface area (Å²) in [6, 6.07) is 9.98. The number of thioether (sulfide) groups is 1. The third-order valence-corrected chi connectivity index (χ3v) is 7.55. The third-order valence-electron chi connectivity index (χ3n) is 5.44. The van der Waals surface area contributed by atoms with Gasteiger partial charge in [-0.05, 0) is 31.5 Å². The fourth-order valence-electron chi connectivity index (χ4n) is 3.62. The minimum atomic E-state index is 0.652. The van der Waals surface area contributed by atoms with E-state index in [4.69, 9.17) is 19.1 Å². The summed E-state index contributed by atoms with van der Waals surface area (Å²) in [5.74, 6) is 2.23. The second-order valence-corrected chi connectivity index (χ2v) is 9.76. The number of morpholine rings is 1. The molecular weight excluding hydrogens is 428 g/mol. The van der Waals surface area contributed by atoms with Crippen molar-refractivity contribution in [3.05, 3.63) is 58.6 Å². The van der Waals surface area contributed by atoms with Crippen molar-refractivity contribution >= 4 is 33.3 Å². The van der Waals surface area contributed by atoms with Crippen molar-refractivity contribution in [1.29, 1.82) is 0 Å². The molecule has 0 radical (unpaired) electrons. The van der Waals surface area contributed by atoms with Crippen molar-refractivity contribution in [2.24, 2.45) is 0 Å². The van der Waals surface area contributed by atoms with Gasteiger partial charge >= 0.3 is 0 Å². The maximum absolute atomic E-state index is 5.71. The Morgan fingerprint density at radius 1 is 1.06 bits per heavy atom. The van der Waals surface area contributed by atoms with E-state index in [1.807, 2.05) is 30.3 Å². The first-order valence-electron chi connectivity index (χ1n) is 10.4. The fourth-order valence-corrected chi connectivity index (χ4v) is 5.71. The van der Waals surface area contributed by atoms with Crippen LogP contribution in [0.25, 0.3) is 21.7 Å². The van der Waals surface area contributed by atoms with E-state index in [9.17, 15) is 0 Å². The number of rotatable bonds is 6. The van der Waals surface area contributed by atoms with Gasteiger partial charge in [-0.25, -0.2) is 15.0 Å². The predicted molar refractivity (Wildman–Crippen MR) is 124 cm³/mol. The number of oxazole rings is 1. The number of aryl methyl sites for hydroxylation is 2. The van der Waals surface area contributed by atoms with E-state index in [2.05, 4.69) is 23.7 Å². The van der Waals surface area contributed by atoms with E-state index >= 15 is 0 Å². The molecule has 0 atom stereocenters. The number of benzene rings is 1. The molecule has 5 rings (SSSR count). The number of hydrogen-bond donors (Lipinski definition) is 0. The zero-order chi connectivity index (χ0) is 21.2. The second kappa shape index (κ2) is 9.08. The summed E-state index contributed by atoms with van der Waals surface area (Å²) in [4.78, 5) is 19.2. The highest BCUT2D eigenvalue weighted by Crippen LogP contribution is 2.36. The summed E-state index contributed by atoms with van der Waals surface area (Å²) < 4.78 is 11.2. The molecule has 1 aromatic carbocycles. The van der Waals surface area contributed by atoms with Gasteiger partial charge in [0.05, 0.1) is 25.5 Å². The third kappa shape index (κ3) is 4.52. The van der Waals surface area contributed by atoms with Crippen LogP contribution in [0.3, 0.4) is 0 Å². The Balaban J connectivity index is 1.39. The lowest BCUT2D eigenvalue weighted by Gasteiger charge is -2.25. The smallest absolute Gasteiger partial charge is 0.226 e. The van der Waals surface area contributed by atoms with Gasteiger partial charge in [-0.2, -0.15) is 0 Å². The SMILES string of the molecule is Cc1sc2nc(CN3CCOCC3)nc(SCc3coc(-c4ccccc4)n3)c2c1C. The number of fused-ring (bicyclic) bond motifs is 1. The molecule has 0 aliphatic carbocycles. The molecule has 3 aromatic heterocycles. The van der Waals surface area contributed by atoms with Gasteiger partial charge in [-0.15, -0.1) is 11.3 Å². The minimum Gasteiger partial charge on any atom is -0.444 e. The molecule has 1 saturated heterocycles. The molecule has 1 aliphatic rings. The molecule has 0 spiro atoms. The Kier molecular flexibility index (Phi) is 6.04. The lowest BCUT2D eigenvalue weighted by atomic mass is 10.2. The minimum absolute atomic E-state index is 0.652. The first kappa shape index (κ1) is 20.6. The van der Waals surface area contributed by atoms with Gasteiger partial charge < -0.3 is 9.15 Å². The normalized spacial score (nSPS) is 15.0. The van der Waals surface area contributed by atoms with Crippen LogP contribution < -0.4 is 0 Å². The molecular formula is C23H24N4O2S2. The Labute approximate surface area is 189 Å². The number of thiophene rings is 1. The zero-order valence-electron chi connectivity index (χ0n) is 17.6. The molecule has 8 heteroatoms. The lowest BCUT2D eigenvalue weighted by Crippen LogP contribution is -2.36. The summed E-state index contributed by atoms with van der Waals surface area (Å²) in [6.07, 6.45) is 1.74. The Morgan fingerprint density at radius 3 is 2.68 bits per heavy atom. The summed E-state index contributed by atoms with van der Waals surface area (Å²) in [6.45, 7) is 8.47. The van der Waals surface area contributed by atoms with Crippen LogP contribution in [0.2, 0.25) is 0 Å². The molecule has 4 aromatic rings. The number of nitrogens with zero attached hydrogens (tertiary/aromatic N) is 4. The molecule has 0 unspecified atom stereocenters. The molecule has 160 valence electrons. The summed E-state index contributed by atoms with van der Waals surface area (Å²) in [5, 5.41) is 2.20. The molecule has 0 amide bonds. The van der Waals surface area contributed by atoms with Crippen molar-refractivity contribution in [2.45, 2.75) is 31.2 Å². The van der Waals surface area contributed by atoms with Crippen molar-refractivity contribution in [3.63, 3.8) is 0 Å². The van der Waals surface area contributed by atoms with Crippen LogP contribution in [-0.2, 0) is 17.0 Å². The van der Waals surface area contributed by atoms with Gasteiger partial charge in [0.1, 0.15) is 21.9 Å².